The fraction of sp³-hybridized carbons (Fsp3) is 0.611. The molecule has 2 unspecified atom stereocenters. The minimum absolute atomic E-state index is 0.133. The van der Waals surface area contributed by atoms with Gasteiger partial charge in [0.05, 0.1) is 6.04 Å². The van der Waals surface area contributed by atoms with Crippen molar-refractivity contribution in [1.82, 2.24) is 10.2 Å². The van der Waals surface area contributed by atoms with Crippen molar-refractivity contribution in [1.29, 1.82) is 0 Å². The van der Waals surface area contributed by atoms with Crippen LogP contribution < -0.4 is 11.1 Å². The van der Waals surface area contributed by atoms with Crippen LogP contribution in [0.15, 0.2) is 24.3 Å². The number of nitrogens with zero attached hydrogens (tertiary/aromatic N) is 1. The number of nitrogens with two attached hydrogens (primary N) is 1. The highest BCUT2D eigenvalue weighted by Crippen LogP contribution is 2.30. The molecule has 1 amide bonds. The molecule has 2 atom stereocenters. The Labute approximate surface area is 133 Å². The number of carbonyl (C=O) groups is 1. The lowest BCUT2D eigenvalue weighted by molar-refractivity contribution is -0.133. The average molecular weight is 301 g/mol. The van der Waals surface area contributed by atoms with Crippen LogP contribution in [0.4, 0.5) is 0 Å². The van der Waals surface area contributed by atoms with Crippen LogP contribution >= 0.6 is 0 Å². The largest absolute Gasteiger partial charge is 0.341 e. The first-order valence-electron chi connectivity index (χ1n) is 8.61. The van der Waals surface area contributed by atoms with E-state index in [2.05, 4.69) is 29.6 Å². The molecule has 0 radical (unpaired) electrons. The van der Waals surface area contributed by atoms with Crippen LogP contribution in [0.25, 0.3) is 0 Å². The molecule has 1 fully saturated rings. The first-order chi connectivity index (χ1) is 10.8. The van der Waals surface area contributed by atoms with E-state index in [-0.39, 0.29) is 11.9 Å². The number of fused-ring (bicyclic) bond motifs is 1. The monoisotopic (exact) mass is 301 g/mol. The van der Waals surface area contributed by atoms with Crippen molar-refractivity contribution < 1.29 is 4.79 Å². The zero-order valence-electron chi connectivity index (χ0n) is 13.3. The minimum Gasteiger partial charge on any atom is -0.341 e. The molecular formula is C18H27N3O. The highest BCUT2D eigenvalue weighted by Gasteiger charge is 2.24. The van der Waals surface area contributed by atoms with Crippen molar-refractivity contribution in [2.24, 2.45) is 5.73 Å². The summed E-state index contributed by atoms with van der Waals surface area (Å²) in [5.41, 5.74) is 8.96. The van der Waals surface area contributed by atoms with E-state index >= 15 is 0 Å². The zero-order valence-corrected chi connectivity index (χ0v) is 13.3. The van der Waals surface area contributed by atoms with Gasteiger partial charge < -0.3 is 16.0 Å². The minimum atomic E-state index is -0.359. The fourth-order valence-electron chi connectivity index (χ4n) is 3.65. The number of hydrogen-bond donors (Lipinski definition) is 2. The summed E-state index contributed by atoms with van der Waals surface area (Å²) in [6.45, 7) is 2.58. The maximum Gasteiger partial charge on any atom is 0.239 e. The Morgan fingerprint density at radius 2 is 2.05 bits per heavy atom. The molecule has 1 aromatic carbocycles. The molecule has 4 heteroatoms. The Hall–Kier alpha value is -1.39. The van der Waals surface area contributed by atoms with Gasteiger partial charge in [0.25, 0.3) is 0 Å². The van der Waals surface area contributed by atoms with Gasteiger partial charge in [0.2, 0.25) is 5.91 Å². The molecule has 3 N–H and O–H groups in total. The van der Waals surface area contributed by atoms with Gasteiger partial charge in [0, 0.05) is 19.1 Å². The maximum absolute atomic E-state index is 12.3. The van der Waals surface area contributed by atoms with Gasteiger partial charge in [0.15, 0.2) is 0 Å². The summed E-state index contributed by atoms with van der Waals surface area (Å²) < 4.78 is 0. The summed E-state index contributed by atoms with van der Waals surface area (Å²) in [5, 5.41) is 3.58. The van der Waals surface area contributed by atoms with E-state index in [0.717, 1.165) is 45.3 Å². The van der Waals surface area contributed by atoms with E-state index in [1.54, 1.807) is 0 Å². The molecule has 1 aliphatic heterocycles. The number of hydrogen-bond acceptors (Lipinski definition) is 3. The first kappa shape index (κ1) is 15.5. The molecule has 4 nitrogen and oxygen atoms in total. The maximum atomic E-state index is 12.3. The number of benzene rings is 1. The molecule has 3 rings (SSSR count). The van der Waals surface area contributed by atoms with Crippen molar-refractivity contribution in [3.63, 3.8) is 0 Å². The second-order valence-electron chi connectivity index (χ2n) is 6.53. The third kappa shape index (κ3) is 3.50. The fourth-order valence-corrected chi connectivity index (χ4v) is 3.65. The second kappa shape index (κ2) is 7.25. The van der Waals surface area contributed by atoms with E-state index in [4.69, 9.17) is 5.73 Å². The third-order valence-corrected chi connectivity index (χ3v) is 4.96. The number of rotatable bonds is 5. The predicted octanol–water partition coefficient (Wildman–Crippen LogP) is 1.99. The molecule has 0 bridgehead atoms. The lowest BCUT2D eigenvalue weighted by Crippen LogP contribution is -2.47. The predicted molar refractivity (Wildman–Crippen MR) is 88.5 cm³/mol. The first-order valence-corrected chi connectivity index (χ1v) is 8.61. The lowest BCUT2D eigenvalue weighted by atomic mass is 10.1. The smallest absolute Gasteiger partial charge is 0.239 e. The second-order valence-corrected chi connectivity index (χ2v) is 6.53. The third-order valence-electron chi connectivity index (χ3n) is 4.96. The Morgan fingerprint density at radius 3 is 2.86 bits per heavy atom. The van der Waals surface area contributed by atoms with Gasteiger partial charge in [-0.3, -0.25) is 4.79 Å². The van der Waals surface area contributed by atoms with Crippen LogP contribution in [0.1, 0.15) is 49.3 Å². The molecule has 1 heterocycles. The van der Waals surface area contributed by atoms with Crippen molar-refractivity contribution >= 4 is 5.91 Å². The van der Waals surface area contributed by atoms with Crippen molar-refractivity contribution in [3.8, 4) is 0 Å². The summed E-state index contributed by atoms with van der Waals surface area (Å²) in [4.78, 5) is 14.2. The average Bonchev–Trinajstić information content (AvgIpc) is 2.98. The quantitative estimate of drug-likeness (QED) is 0.874. The standard InChI is InChI=1S/C18H27N3O/c19-16(18(22)21-12-4-1-5-13-21)10-11-20-17-9-8-14-6-2-3-7-15(14)17/h2-3,6-7,16-17,20H,1,4-5,8-13,19H2. The van der Waals surface area contributed by atoms with E-state index in [1.165, 1.54) is 17.5 Å². The van der Waals surface area contributed by atoms with Crippen LogP contribution in [0.3, 0.4) is 0 Å². The van der Waals surface area contributed by atoms with Gasteiger partial charge in [-0.15, -0.1) is 0 Å². The molecule has 120 valence electrons. The summed E-state index contributed by atoms with van der Waals surface area (Å²) in [6.07, 6.45) is 6.49. The van der Waals surface area contributed by atoms with Crippen molar-refractivity contribution in [2.45, 2.75) is 50.6 Å². The summed E-state index contributed by atoms with van der Waals surface area (Å²) in [7, 11) is 0. The Kier molecular flexibility index (Phi) is 5.11. The summed E-state index contributed by atoms with van der Waals surface area (Å²) >= 11 is 0. The Balaban J connectivity index is 1.44. The van der Waals surface area contributed by atoms with Crippen LogP contribution in [-0.2, 0) is 11.2 Å². The highest BCUT2D eigenvalue weighted by molar-refractivity contribution is 5.81. The summed E-state index contributed by atoms with van der Waals surface area (Å²) in [6, 6.07) is 8.69. The number of piperidine rings is 1. The summed E-state index contributed by atoms with van der Waals surface area (Å²) in [5.74, 6) is 0.133. The number of amides is 1. The topological polar surface area (TPSA) is 58.4 Å². The number of carbonyl (C=O) groups excluding carboxylic acids is 1. The van der Waals surface area contributed by atoms with E-state index in [0.29, 0.717) is 12.5 Å². The van der Waals surface area contributed by atoms with Crippen molar-refractivity contribution in [2.75, 3.05) is 19.6 Å². The normalized spacial score (nSPS) is 22.4. The zero-order chi connectivity index (χ0) is 15.4. The molecule has 22 heavy (non-hydrogen) atoms. The Bertz CT molecular complexity index is 511. The van der Waals surface area contributed by atoms with E-state index < -0.39 is 0 Å². The highest BCUT2D eigenvalue weighted by atomic mass is 16.2. The van der Waals surface area contributed by atoms with Crippen LogP contribution in [-0.4, -0.2) is 36.5 Å². The number of aryl methyl sites for hydroxylation is 1. The van der Waals surface area contributed by atoms with Gasteiger partial charge in [-0.1, -0.05) is 24.3 Å². The van der Waals surface area contributed by atoms with E-state index in [1.807, 2.05) is 4.90 Å². The number of likely N-dealkylation sites (tertiary alicyclic amines) is 1. The molecule has 0 aromatic heterocycles. The number of nitrogens with one attached hydrogen (secondary N) is 1. The molecule has 0 spiro atoms. The van der Waals surface area contributed by atoms with Gasteiger partial charge >= 0.3 is 0 Å². The van der Waals surface area contributed by atoms with Gasteiger partial charge in [-0.05, 0) is 56.2 Å². The van der Waals surface area contributed by atoms with Crippen LogP contribution in [0.5, 0.6) is 0 Å². The molecule has 0 saturated carbocycles. The van der Waals surface area contributed by atoms with Crippen LogP contribution in [0, 0.1) is 0 Å². The van der Waals surface area contributed by atoms with Crippen LogP contribution in [0.2, 0.25) is 0 Å². The van der Waals surface area contributed by atoms with Gasteiger partial charge in [-0.25, -0.2) is 0 Å². The SMILES string of the molecule is NC(CCNC1CCc2ccccc21)C(=O)N1CCCCC1. The lowest BCUT2D eigenvalue weighted by Gasteiger charge is -2.29. The molecule has 1 aromatic rings. The Morgan fingerprint density at radius 1 is 1.27 bits per heavy atom. The van der Waals surface area contributed by atoms with Gasteiger partial charge in [-0.2, -0.15) is 0 Å². The molecule has 1 aliphatic carbocycles. The molecular weight excluding hydrogens is 274 g/mol. The van der Waals surface area contributed by atoms with Gasteiger partial charge in [0.1, 0.15) is 0 Å². The molecule has 2 aliphatic rings. The van der Waals surface area contributed by atoms with Crippen molar-refractivity contribution in [3.05, 3.63) is 35.4 Å². The molecule has 1 saturated heterocycles. The van der Waals surface area contributed by atoms with E-state index in [9.17, 15) is 4.79 Å².